The number of carbonyl (C=O) groups excluding carboxylic acids is 1. The molecule has 1 amide bonds. The standard InChI is InChI=1S/C22H23BrF3NO7S2/c1-4-33-21(30)27(8-9-35-5-2)17-12-14(11-15(20(28)29)19(17)36(3,31)32)34-18-7-6-13(23)10-16(18)22(24,25)26/h6-7,10-12H,4-5,8-9H2,1-3H3,(H,28,29). The Morgan fingerprint density at radius 1 is 1.17 bits per heavy atom. The number of carboxylic acids is 1. The summed E-state index contributed by atoms with van der Waals surface area (Å²) < 4.78 is 76.6. The Labute approximate surface area is 218 Å². The van der Waals surface area contributed by atoms with E-state index >= 15 is 0 Å². The van der Waals surface area contributed by atoms with Gasteiger partial charge in [-0.25, -0.2) is 18.0 Å². The van der Waals surface area contributed by atoms with E-state index in [-0.39, 0.29) is 23.3 Å². The summed E-state index contributed by atoms with van der Waals surface area (Å²) in [7, 11) is -4.24. The number of rotatable bonds is 10. The summed E-state index contributed by atoms with van der Waals surface area (Å²) in [6.45, 7) is 3.28. The number of aromatic carboxylic acids is 1. The van der Waals surface area contributed by atoms with E-state index in [0.717, 1.165) is 35.4 Å². The number of halogens is 4. The van der Waals surface area contributed by atoms with Crippen molar-refractivity contribution in [2.24, 2.45) is 0 Å². The highest BCUT2D eigenvalue weighted by atomic mass is 79.9. The highest BCUT2D eigenvalue weighted by molar-refractivity contribution is 9.10. The molecule has 0 radical (unpaired) electrons. The molecule has 1 N–H and O–H groups in total. The number of thioether (sulfide) groups is 1. The number of alkyl halides is 3. The van der Waals surface area contributed by atoms with Crippen molar-refractivity contribution in [1.29, 1.82) is 0 Å². The molecule has 0 unspecified atom stereocenters. The van der Waals surface area contributed by atoms with E-state index in [1.165, 1.54) is 24.8 Å². The molecule has 0 aliphatic carbocycles. The maximum absolute atomic E-state index is 13.6. The molecule has 0 aliphatic heterocycles. The van der Waals surface area contributed by atoms with Crippen LogP contribution in [-0.4, -0.2) is 56.5 Å². The van der Waals surface area contributed by atoms with Gasteiger partial charge in [0.1, 0.15) is 16.4 Å². The monoisotopic (exact) mass is 613 g/mol. The van der Waals surface area contributed by atoms with Crippen LogP contribution in [0.1, 0.15) is 29.8 Å². The Kier molecular flexibility index (Phi) is 10.1. The van der Waals surface area contributed by atoms with Crippen molar-refractivity contribution in [1.82, 2.24) is 0 Å². The van der Waals surface area contributed by atoms with E-state index in [4.69, 9.17) is 9.47 Å². The van der Waals surface area contributed by atoms with Crippen LogP contribution in [-0.2, 0) is 20.8 Å². The Bertz CT molecular complexity index is 1240. The van der Waals surface area contributed by atoms with Gasteiger partial charge < -0.3 is 14.6 Å². The van der Waals surface area contributed by atoms with Crippen molar-refractivity contribution < 1.29 is 45.8 Å². The van der Waals surface area contributed by atoms with Crippen molar-refractivity contribution in [3.05, 3.63) is 45.9 Å². The molecule has 14 heteroatoms. The fourth-order valence-corrected chi connectivity index (χ4v) is 5.20. The number of hydrogen-bond donors (Lipinski definition) is 1. The zero-order valence-electron chi connectivity index (χ0n) is 19.4. The molecule has 0 saturated carbocycles. The second-order valence-corrected chi connectivity index (χ2v) is 11.4. The molecule has 36 heavy (non-hydrogen) atoms. The third-order valence-electron chi connectivity index (χ3n) is 4.56. The predicted octanol–water partition coefficient (Wildman–Crippen LogP) is 6.08. The first kappa shape index (κ1) is 29.8. The SMILES string of the molecule is CCOC(=O)N(CCSCC)c1cc(Oc2ccc(Br)cc2C(F)(F)F)cc(C(=O)O)c1S(C)(=O)=O. The largest absolute Gasteiger partial charge is 0.478 e. The first-order valence-corrected chi connectivity index (χ1v) is 14.2. The first-order chi connectivity index (χ1) is 16.7. The second-order valence-electron chi connectivity index (χ2n) is 7.18. The quantitative estimate of drug-likeness (QED) is 0.321. The molecule has 0 bridgehead atoms. The Morgan fingerprint density at radius 3 is 2.36 bits per heavy atom. The highest BCUT2D eigenvalue weighted by Crippen LogP contribution is 2.42. The van der Waals surface area contributed by atoms with Gasteiger partial charge >= 0.3 is 18.2 Å². The van der Waals surface area contributed by atoms with Crippen LogP contribution in [0.2, 0.25) is 0 Å². The average molecular weight is 614 g/mol. The van der Waals surface area contributed by atoms with Crippen molar-refractivity contribution >= 4 is 55.3 Å². The van der Waals surface area contributed by atoms with Crippen molar-refractivity contribution in [2.45, 2.75) is 24.9 Å². The zero-order valence-corrected chi connectivity index (χ0v) is 22.6. The van der Waals surface area contributed by atoms with Gasteiger partial charge in [-0.05, 0) is 36.9 Å². The fraction of sp³-hybridized carbons (Fsp3) is 0.364. The van der Waals surface area contributed by atoms with Crippen LogP contribution in [0, 0.1) is 0 Å². The molecule has 2 rings (SSSR count). The molecule has 0 atom stereocenters. The van der Waals surface area contributed by atoms with Gasteiger partial charge in [0, 0.05) is 29.1 Å². The van der Waals surface area contributed by atoms with Gasteiger partial charge in [-0.1, -0.05) is 22.9 Å². The van der Waals surface area contributed by atoms with Gasteiger partial charge in [0.15, 0.2) is 9.84 Å². The number of benzene rings is 2. The fourth-order valence-electron chi connectivity index (χ4n) is 3.15. The minimum absolute atomic E-state index is 0.0553. The van der Waals surface area contributed by atoms with Crippen molar-refractivity contribution in [3.63, 3.8) is 0 Å². The van der Waals surface area contributed by atoms with Crippen LogP contribution in [0.15, 0.2) is 39.7 Å². The number of anilines is 1. The van der Waals surface area contributed by atoms with Gasteiger partial charge in [-0.15, -0.1) is 0 Å². The lowest BCUT2D eigenvalue weighted by Crippen LogP contribution is -2.35. The Hall–Kier alpha value is -2.45. The van der Waals surface area contributed by atoms with Crippen LogP contribution in [0.25, 0.3) is 0 Å². The van der Waals surface area contributed by atoms with Gasteiger partial charge in [-0.2, -0.15) is 24.9 Å². The number of carboxylic acid groups (broad SMARTS) is 1. The minimum Gasteiger partial charge on any atom is -0.478 e. The average Bonchev–Trinajstić information content (AvgIpc) is 2.76. The smallest absolute Gasteiger partial charge is 0.420 e. The van der Waals surface area contributed by atoms with Crippen LogP contribution in [0.5, 0.6) is 11.5 Å². The lowest BCUT2D eigenvalue weighted by molar-refractivity contribution is -0.138. The van der Waals surface area contributed by atoms with Crippen LogP contribution < -0.4 is 9.64 Å². The zero-order chi connectivity index (χ0) is 27.3. The molecule has 2 aromatic rings. The summed E-state index contributed by atoms with van der Waals surface area (Å²) in [6.07, 6.45) is -5.00. The number of sulfone groups is 1. The predicted molar refractivity (Wildman–Crippen MR) is 133 cm³/mol. The van der Waals surface area contributed by atoms with Crippen LogP contribution in [0.3, 0.4) is 0 Å². The van der Waals surface area contributed by atoms with Gasteiger partial charge in [0.25, 0.3) is 0 Å². The summed E-state index contributed by atoms with van der Waals surface area (Å²) in [6, 6.07) is 4.92. The number of ether oxygens (including phenoxy) is 2. The lowest BCUT2D eigenvalue weighted by Gasteiger charge is -2.25. The van der Waals surface area contributed by atoms with E-state index in [1.54, 1.807) is 0 Å². The summed E-state index contributed by atoms with van der Waals surface area (Å²) in [5.41, 5.74) is -2.30. The van der Waals surface area contributed by atoms with Gasteiger partial charge in [-0.3, -0.25) is 4.90 Å². The van der Waals surface area contributed by atoms with E-state index < -0.39 is 55.6 Å². The molecule has 0 fully saturated rings. The lowest BCUT2D eigenvalue weighted by atomic mass is 10.1. The maximum atomic E-state index is 13.6. The molecule has 2 aromatic carbocycles. The Balaban J connectivity index is 2.81. The van der Waals surface area contributed by atoms with Crippen molar-refractivity contribution in [3.8, 4) is 11.5 Å². The third kappa shape index (κ3) is 7.53. The molecule has 8 nitrogen and oxygen atoms in total. The molecule has 0 aromatic heterocycles. The number of hydrogen-bond acceptors (Lipinski definition) is 7. The van der Waals surface area contributed by atoms with E-state index in [1.807, 2.05) is 6.92 Å². The summed E-state index contributed by atoms with van der Waals surface area (Å²) in [5.74, 6) is -1.72. The normalized spacial score (nSPS) is 11.8. The Morgan fingerprint density at radius 2 is 1.83 bits per heavy atom. The molecule has 0 aliphatic rings. The highest BCUT2D eigenvalue weighted by Gasteiger charge is 2.36. The molecule has 0 saturated heterocycles. The molecule has 0 heterocycles. The van der Waals surface area contributed by atoms with Crippen LogP contribution >= 0.6 is 27.7 Å². The third-order valence-corrected chi connectivity index (χ3v) is 7.10. The first-order valence-electron chi connectivity index (χ1n) is 10.4. The van der Waals surface area contributed by atoms with Crippen LogP contribution in [0.4, 0.5) is 23.7 Å². The number of nitrogens with zero attached hydrogens (tertiary/aromatic N) is 1. The maximum Gasteiger partial charge on any atom is 0.420 e. The molecular formula is C22H23BrF3NO7S2. The van der Waals surface area contributed by atoms with Gasteiger partial charge in [0.05, 0.1) is 23.4 Å². The second kappa shape index (κ2) is 12.2. The summed E-state index contributed by atoms with van der Waals surface area (Å²) in [5, 5.41) is 9.76. The van der Waals surface area contributed by atoms with Crippen molar-refractivity contribution in [2.75, 3.05) is 35.8 Å². The van der Waals surface area contributed by atoms with E-state index in [0.29, 0.717) is 11.5 Å². The summed E-state index contributed by atoms with van der Waals surface area (Å²) >= 11 is 4.39. The number of amides is 1. The minimum atomic E-state index is -4.81. The molecule has 198 valence electrons. The van der Waals surface area contributed by atoms with E-state index in [2.05, 4.69) is 15.9 Å². The topological polar surface area (TPSA) is 110 Å². The van der Waals surface area contributed by atoms with Gasteiger partial charge in [0.2, 0.25) is 0 Å². The van der Waals surface area contributed by atoms with E-state index in [9.17, 15) is 36.3 Å². The molecular weight excluding hydrogens is 591 g/mol. The summed E-state index contributed by atoms with van der Waals surface area (Å²) in [4.78, 5) is 25.0. The number of carbonyl (C=O) groups is 2. The molecule has 0 spiro atoms.